The fraction of sp³-hybridized carbons (Fsp3) is 0.667. The Bertz CT molecular complexity index is 178. The maximum Gasteiger partial charge on any atom is 0.243 e. The van der Waals surface area contributed by atoms with Crippen molar-refractivity contribution in [3.05, 3.63) is 12.7 Å². The van der Waals surface area contributed by atoms with Gasteiger partial charge in [-0.1, -0.05) is 6.58 Å². The molecule has 0 rings (SSSR count). The van der Waals surface area contributed by atoms with Crippen molar-refractivity contribution in [3.63, 3.8) is 0 Å². The van der Waals surface area contributed by atoms with E-state index >= 15 is 0 Å². The number of carbonyl (C=O) groups is 1. The van der Waals surface area contributed by atoms with Crippen LogP contribution in [0.2, 0.25) is 0 Å². The molecule has 1 amide bonds. The molecule has 0 spiro atoms. The van der Waals surface area contributed by atoms with Crippen LogP contribution in [0.1, 0.15) is 27.2 Å². The van der Waals surface area contributed by atoms with Crippen LogP contribution in [0.5, 0.6) is 0 Å². The lowest BCUT2D eigenvalue weighted by molar-refractivity contribution is -0.118. The van der Waals surface area contributed by atoms with Gasteiger partial charge >= 0.3 is 0 Å². The summed E-state index contributed by atoms with van der Waals surface area (Å²) in [5.74, 6) is -0.152. The molecule has 78 valence electrons. The largest absolute Gasteiger partial charge is 0.348 e. The summed E-state index contributed by atoms with van der Waals surface area (Å²) in [7, 11) is 0. The molecule has 4 heteroatoms. The first kappa shape index (κ1) is 15.0. The lowest BCUT2D eigenvalue weighted by Gasteiger charge is -2.27. The molecule has 0 aromatic heterocycles. The summed E-state index contributed by atoms with van der Waals surface area (Å²) in [4.78, 5) is 10.9. The molecule has 0 aliphatic rings. The number of rotatable bonds is 4. The molecule has 0 saturated carbocycles. The molecule has 0 bridgehead atoms. The van der Waals surface area contributed by atoms with Crippen molar-refractivity contribution in [1.29, 1.82) is 0 Å². The predicted molar refractivity (Wildman–Crippen MR) is 57.9 cm³/mol. The lowest BCUT2D eigenvalue weighted by atomic mass is 9.96. The van der Waals surface area contributed by atoms with Gasteiger partial charge < -0.3 is 11.1 Å². The molecule has 0 saturated heterocycles. The van der Waals surface area contributed by atoms with Crippen LogP contribution in [0.15, 0.2) is 12.7 Å². The van der Waals surface area contributed by atoms with Gasteiger partial charge in [0.2, 0.25) is 5.91 Å². The lowest BCUT2D eigenvalue weighted by Crippen LogP contribution is -2.45. The molecule has 1 atom stereocenters. The van der Waals surface area contributed by atoms with Crippen LogP contribution in [0.4, 0.5) is 0 Å². The Hall–Kier alpha value is -0.540. The maximum absolute atomic E-state index is 10.9. The third-order valence-corrected chi connectivity index (χ3v) is 1.48. The molecule has 1 unspecified atom stereocenters. The molecule has 0 radical (unpaired) electrons. The Balaban J connectivity index is 0. The molecule has 13 heavy (non-hydrogen) atoms. The highest BCUT2D eigenvalue weighted by molar-refractivity contribution is 5.87. The molecule has 0 aromatic rings. The number of hydrogen-bond acceptors (Lipinski definition) is 2. The Morgan fingerprint density at radius 3 is 2.46 bits per heavy atom. The molecule has 0 aromatic carbocycles. The number of nitrogens with two attached hydrogens (primary N) is 1. The predicted octanol–water partition coefficient (Wildman–Crippen LogP) is 1.23. The minimum Gasteiger partial charge on any atom is -0.348 e. The first-order valence-corrected chi connectivity index (χ1v) is 4.07. The summed E-state index contributed by atoms with van der Waals surface area (Å²) < 4.78 is 0. The monoisotopic (exact) mass is 206 g/mol. The Morgan fingerprint density at radius 1 is 1.69 bits per heavy atom. The minimum absolute atomic E-state index is 0. The van der Waals surface area contributed by atoms with Gasteiger partial charge in [0.25, 0.3) is 0 Å². The summed E-state index contributed by atoms with van der Waals surface area (Å²) in [5, 5.41) is 2.80. The van der Waals surface area contributed by atoms with E-state index in [2.05, 4.69) is 11.9 Å². The van der Waals surface area contributed by atoms with Crippen molar-refractivity contribution in [2.45, 2.75) is 38.8 Å². The van der Waals surface area contributed by atoms with E-state index < -0.39 is 0 Å². The van der Waals surface area contributed by atoms with Gasteiger partial charge in [-0.2, -0.15) is 0 Å². The van der Waals surface area contributed by atoms with Gasteiger partial charge in [-0.3, -0.25) is 4.79 Å². The molecule has 0 heterocycles. The highest BCUT2D eigenvalue weighted by Crippen LogP contribution is 2.09. The number of halogens is 1. The SMILES string of the molecule is C=CC(=O)NC(C)(C)CC(C)N.Cl. The van der Waals surface area contributed by atoms with E-state index in [4.69, 9.17) is 5.73 Å². The molecule has 3 N–H and O–H groups in total. The molecule has 0 aliphatic carbocycles. The zero-order chi connectivity index (χ0) is 9.78. The van der Waals surface area contributed by atoms with Crippen LogP contribution in [0.25, 0.3) is 0 Å². The number of nitrogens with one attached hydrogen (secondary N) is 1. The van der Waals surface area contributed by atoms with Crippen molar-refractivity contribution in [1.82, 2.24) is 5.32 Å². The Kier molecular flexibility index (Phi) is 6.90. The van der Waals surface area contributed by atoms with Gasteiger partial charge in [-0.05, 0) is 33.3 Å². The van der Waals surface area contributed by atoms with Gasteiger partial charge in [0, 0.05) is 11.6 Å². The molecular weight excluding hydrogens is 188 g/mol. The standard InChI is InChI=1S/C9H18N2O.ClH/c1-5-8(12)11-9(3,4)6-7(2)10;/h5,7H,1,6,10H2,2-4H3,(H,11,12);1H. The van der Waals surface area contributed by atoms with Crippen LogP contribution < -0.4 is 11.1 Å². The maximum atomic E-state index is 10.9. The smallest absolute Gasteiger partial charge is 0.243 e. The van der Waals surface area contributed by atoms with E-state index in [-0.39, 0.29) is 29.9 Å². The van der Waals surface area contributed by atoms with E-state index in [1.54, 1.807) is 0 Å². The van der Waals surface area contributed by atoms with Gasteiger partial charge in [0.1, 0.15) is 0 Å². The highest BCUT2D eigenvalue weighted by atomic mass is 35.5. The number of amides is 1. The average molecular weight is 207 g/mol. The summed E-state index contributed by atoms with van der Waals surface area (Å²) >= 11 is 0. The Labute approximate surface area is 86.2 Å². The van der Waals surface area contributed by atoms with Crippen LogP contribution >= 0.6 is 12.4 Å². The summed E-state index contributed by atoms with van der Waals surface area (Å²) in [6.07, 6.45) is 2.02. The normalized spacial score (nSPS) is 12.6. The van der Waals surface area contributed by atoms with Gasteiger partial charge in [-0.25, -0.2) is 0 Å². The highest BCUT2D eigenvalue weighted by Gasteiger charge is 2.20. The Morgan fingerprint density at radius 2 is 2.15 bits per heavy atom. The van der Waals surface area contributed by atoms with Crippen molar-refractivity contribution >= 4 is 18.3 Å². The van der Waals surface area contributed by atoms with E-state index in [0.717, 1.165) is 6.42 Å². The first-order valence-electron chi connectivity index (χ1n) is 4.07. The van der Waals surface area contributed by atoms with Gasteiger partial charge in [-0.15, -0.1) is 12.4 Å². The van der Waals surface area contributed by atoms with Gasteiger partial charge in [0.05, 0.1) is 0 Å². The third-order valence-electron chi connectivity index (χ3n) is 1.48. The van der Waals surface area contributed by atoms with Crippen molar-refractivity contribution < 1.29 is 4.79 Å². The number of hydrogen-bond donors (Lipinski definition) is 2. The first-order chi connectivity index (χ1) is 5.37. The molecule has 0 fully saturated rings. The summed E-state index contributed by atoms with van der Waals surface area (Å²) in [6, 6.07) is 0.0881. The van der Waals surface area contributed by atoms with Crippen molar-refractivity contribution in [2.24, 2.45) is 5.73 Å². The van der Waals surface area contributed by atoms with E-state index in [1.807, 2.05) is 20.8 Å². The van der Waals surface area contributed by atoms with Gasteiger partial charge in [0.15, 0.2) is 0 Å². The second-order valence-corrected chi connectivity index (χ2v) is 3.76. The summed E-state index contributed by atoms with van der Waals surface area (Å²) in [5.41, 5.74) is 5.37. The zero-order valence-electron chi connectivity index (χ0n) is 8.46. The topological polar surface area (TPSA) is 55.1 Å². The quantitative estimate of drug-likeness (QED) is 0.680. The minimum atomic E-state index is -0.251. The van der Waals surface area contributed by atoms with E-state index in [9.17, 15) is 4.79 Å². The molecule has 3 nitrogen and oxygen atoms in total. The number of carbonyl (C=O) groups excluding carboxylic acids is 1. The summed E-state index contributed by atoms with van der Waals surface area (Å²) in [6.45, 7) is 9.18. The average Bonchev–Trinajstić information content (AvgIpc) is 1.83. The van der Waals surface area contributed by atoms with E-state index in [1.165, 1.54) is 6.08 Å². The fourth-order valence-corrected chi connectivity index (χ4v) is 1.24. The molecular formula is C9H19ClN2O. The molecule has 0 aliphatic heterocycles. The second kappa shape index (κ2) is 6.00. The second-order valence-electron chi connectivity index (χ2n) is 3.76. The fourth-order valence-electron chi connectivity index (χ4n) is 1.24. The van der Waals surface area contributed by atoms with Crippen LogP contribution in [0, 0.1) is 0 Å². The third kappa shape index (κ3) is 7.81. The van der Waals surface area contributed by atoms with E-state index in [0.29, 0.717) is 0 Å². The van der Waals surface area contributed by atoms with Crippen molar-refractivity contribution in [2.75, 3.05) is 0 Å². The van der Waals surface area contributed by atoms with Crippen LogP contribution in [0.3, 0.4) is 0 Å². The van der Waals surface area contributed by atoms with Crippen LogP contribution in [-0.2, 0) is 4.79 Å². The zero-order valence-corrected chi connectivity index (χ0v) is 9.28. The van der Waals surface area contributed by atoms with Crippen LogP contribution in [-0.4, -0.2) is 17.5 Å². The van der Waals surface area contributed by atoms with Crippen molar-refractivity contribution in [3.8, 4) is 0 Å².